The highest BCUT2D eigenvalue weighted by Crippen LogP contribution is 2.42. The highest BCUT2D eigenvalue weighted by atomic mass is 35.5. The van der Waals surface area contributed by atoms with E-state index in [1.54, 1.807) is 0 Å². The summed E-state index contributed by atoms with van der Waals surface area (Å²) in [6.45, 7) is 6.28. The summed E-state index contributed by atoms with van der Waals surface area (Å²) in [6.07, 6.45) is 2.97. The maximum Gasteiger partial charge on any atom is 0.165 e. The van der Waals surface area contributed by atoms with Gasteiger partial charge < -0.3 is 4.57 Å². The molecule has 0 spiro atoms. The topological polar surface area (TPSA) is 58.7 Å². The number of carbonyl (C=O) groups is 1. The Morgan fingerprint density at radius 1 is 1.03 bits per heavy atom. The number of pyridine rings is 1. The van der Waals surface area contributed by atoms with Crippen LogP contribution in [0.1, 0.15) is 60.3 Å². The number of benzene rings is 2. The fourth-order valence-corrected chi connectivity index (χ4v) is 4.97. The summed E-state index contributed by atoms with van der Waals surface area (Å²) >= 11 is 6.16. The molecule has 2 aromatic heterocycles. The minimum Gasteiger partial charge on any atom is -0.326 e. The van der Waals surface area contributed by atoms with Crippen LogP contribution in [0.2, 0.25) is 5.02 Å². The maximum atomic E-state index is 13.6. The van der Waals surface area contributed by atoms with E-state index in [0.29, 0.717) is 29.0 Å². The smallest absolute Gasteiger partial charge is 0.165 e. The van der Waals surface area contributed by atoms with Crippen LogP contribution in [0.5, 0.6) is 0 Å². The summed E-state index contributed by atoms with van der Waals surface area (Å²) in [5, 5.41) is 11.4. The van der Waals surface area contributed by atoms with Crippen molar-refractivity contribution in [3.63, 3.8) is 0 Å². The van der Waals surface area contributed by atoms with Crippen molar-refractivity contribution in [1.29, 1.82) is 5.26 Å². The Kier molecular flexibility index (Phi) is 5.11. The Morgan fingerprint density at radius 3 is 2.36 bits per heavy atom. The van der Waals surface area contributed by atoms with Gasteiger partial charge in [-0.3, -0.25) is 4.79 Å². The van der Waals surface area contributed by atoms with Crippen LogP contribution >= 0.6 is 11.6 Å². The first-order valence-electron chi connectivity index (χ1n) is 11.1. The maximum absolute atomic E-state index is 13.6. The molecule has 5 heteroatoms. The fourth-order valence-electron chi connectivity index (χ4n) is 4.85. The molecule has 2 heterocycles. The number of ketones is 1. The average Bonchev–Trinajstić information content (AvgIpc) is 3.18. The lowest BCUT2D eigenvalue weighted by Gasteiger charge is -2.27. The van der Waals surface area contributed by atoms with Crippen LogP contribution in [0.4, 0.5) is 0 Å². The molecule has 0 fully saturated rings. The van der Waals surface area contributed by atoms with Gasteiger partial charge in [0.15, 0.2) is 5.78 Å². The predicted molar refractivity (Wildman–Crippen MR) is 132 cm³/mol. The highest BCUT2D eigenvalue weighted by molar-refractivity contribution is 6.30. The molecule has 2 aromatic carbocycles. The van der Waals surface area contributed by atoms with Crippen molar-refractivity contribution in [1.82, 2.24) is 9.55 Å². The average molecular weight is 454 g/mol. The van der Waals surface area contributed by atoms with Crippen molar-refractivity contribution in [2.75, 3.05) is 0 Å². The molecule has 0 saturated heterocycles. The zero-order valence-corrected chi connectivity index (χ0v) is 19.6. The SMILES string of the molecule is CC(C)(C)n1cc(C#N)c2c(-c3ccc(Cl)cc3)c3c(nc21)CC(c1ccccc1)CC3=O. The fraction of sp³-hybridized carbons (Fsp3) is 0.250. The van der Waals surface area contributed by atoms with Gasteiger partial charge in [0, 0.05) is 39.7 Å². The monoisotopic (exact) mass is 453 g/mol. The van der Waals surface area contributed by atoms with Crippen LogP contribution in [0, 0.1) is 11.3 Å². The van der Waals surface area contributed by atoms with Gasteiger partial charge in [0.2, 0.25) is 0 Å². The number of hydrogen-bond donors (Lipinski definition) is 0. The number of aromatic nitrogens is 2. The Bertz CT molecular complexity index is 1420. The van der Waals surface area contributed by atoms with Crippen LogP contribution in [0.15, 0.2) is 60.8 Å². The quantitative estimate of drug-likeness (QED) is 0.331. The van der Waals surface area contributed by atoms with Gasteiger partial charge in [-0.05, 0) is 56.4 Å². The van der Waals surface area contributed by atoms with E-state index in [1.165, 1.54) is 0 Å². The molecule has 33 heavy (non-hydrogen) atoms. The Hall–Kier alpha value is -3.42. The van der Waals surface area contributed by atoms with Crippen molar-refractivity contribution in [2.24, 2.45) is 0 Å². The van der Waals surface area contributed by atoms with E-state index in [1.807, 2.05) is 48.7 Å². The van der Waals surface area contributed by atoms with Crippen LogP contribution in [-0.2, 0) is 12.0 Å². The molecule has 1 unspecified atom stereocenters. The van der Waals surface area contributed by atoms with Gasteiger partial charge in [0.05, 0.1) is 11.3 Å². The van der Waals surface area contributed by atoms with E-state index in [2.05, 4.69) is 43.5 Å². The van der Waals surface area contributed by atoms with Gasteiger partial charge in [-0.1, -0.05) is 54.1 Å². The highest BCUT2D eigenvalue weighted by Gasteiger charge is 2.33. The van der Waals surface area contributed by atoms with E-state index in [4.69, 9.17) is 16.6 Å². The zero-order valence-electron chi connectivity index (χ0n) is 18.9. The summed E-state index contributed by atoms with van der Waals surface area (Å²) in [4.78, 5) is 18.7. The third-order valence-corrected chi connectivity index (χ3v) is 6.66. The Balaban J connectivity index is 1.84. The number of nitriles is 1. The number of rotatable bonds is 2. The second-order valence-corrected chi connectivity index (χ2v) is 10.1. The molecule has 0 N–H and O–H groups in total. The molecular weight excluding hydrogens is 430 g/mol. The molecule has 5 rings (SSSR count). The third-order valence-electron chi connectivity index (χ3n) is 6.41. The molecule has 1 aliphatic rings. The minimum atomic E-state index is -0.274. The summed E-state index contributed by atoms with van der Waals surface area (Å²) in [5.41, 5.74) is 5.24. The molecular formula is C28H24ClN3O. The number of Topliss-reactive ketones (excluding diaryl/α,β-unsaturated/α-hetero) is 1. The molecule has 164 valence electrons. The molecule has 0 amide bonds. The summed E-state index contributed by atoms with van der Waals surface area (Å²) in [5.74, 6) is 0.152. The lowest BCUT2D eigenvalue weighted by molar-refractivity contribution is 0.0964. The molecule has 0 aliphatic heterocycles. The van der Waals surface area contributed by atoms with E-state index in [9.17, 15) is 10.1 Å². The summed E-state index contributed by atoms with van der Waals surface area (Å²) < 4.78 is 2.05. The molecule has 4 aromatic rings. The van der Waals surface area contributed by atoms with E-state index >= 15 is 0 Å². The van der Waals surface area contributed by atoms with Crippen LogP contribution in [0.3, 0.4) is 0 Å². The first kappa shape index (κ1) is 21.4. The van der Waals surface area contributed by atoms with Crippen molar-refractivity contribution in [3.8, 4) is 17.2 Å². The lowest BCUT2D eigenvalue weighted by atomic mass is 9.78. The molecule has 1 atom stereocenters. The second kappa shape index (κ2) is 7.86. The van der Waals surface area contributed by atoms with Crippen LogP contribution < -0.4 is 0 Å². The van der Waals surface area contributed by atoms with E-state index in [0.717, 1.165) is 33.4 Å². The van der Waals surface area contributed by atoms with Gasteiger partial charge >= 0.3 is 0 Å². The third kappa shape index (κ3) is 3.63. The number of nitrogens with zero attached hydrogens (tertiary/aromatic N) is 3. The van der Waals surface area contributed by atoms with Gasteiger partial charge in [0.25, 0.3) is 0 Å². The van der Waals surface area contributed by atoms with Crippen molar-refractivity contribution < 1.29 is 4.79 Å². The van der Waals surface area contributed by atoms with Gasteiger partial charge in [-0.25, -0.2) is 4.98 Å². The van der Waals surface area contributed by atoms with Gasteiger partial charge in [-0.2, -0.15) is 5.26 Å². The van der Waals surface area contributed by atoms with Crippen LogP contribution in [-0.4, -0.2) is 15.3 Å². The minimum absolute atomic E-state index is 0.0665. The van der Waals surface area contributed by atoms with Crippen molar-refractivity contribution in [3.05, 3.63) is 88.2 Å². The summed E-state index contributed by atoms with van der Waals surface area (Å²) in [7, 11) is 0. The van der Waals surface area contributed by atoms with Crippen molar-refractivity contribution in [2.45, 2.75) is 45.1 Å². The number of fused-ring (bicyclic) bond motifs is 2. The largest absolute Gasteiger partial charge is 0.326 e. The first-order valence-corrected chi connectivity index (χ1v) is 11.5. The van der Waals surface area contributed by atoms with Gasteiger partial charge in [0.1, 0.15) is 11.7 Å². The van der Waals surface area contributed by atoms with E-state index < -0.39 is 0 Å². The predicted octanol–water partition coefficient (Wildman–Crippen LogP) is 6.90. The van der Waals surface area contributed by atoms with Crippen LogP contribution in [0.25, 0.3) is 22.2 Å². The Morgan fingerprint density at radius 2 is 1.73 bits per heavy atom. The first-order chi connectivity index (χ1) is 15.8. The Labute approximate surface area is 198 Å². The zero-order chi connectivity index (χ0) is 23.3. The number of carbonyl (C=O) groups excluding carboxylic acids is 1. The van der Waals surface area contributed by atoms with Gasteiger partial charge in [-0.15, -0.1) is 0 Å². The lowest BCUT2D eigenvalue weighted by Crippen LogP contribution is -2.24. The molecule has 4 nitrogen and oxygen atoms in total. The molecule has 1 aliphatic carbocycles. The molecule has 0 radical (unpaired) electrons. The normalized spacial score (nSPS) is 16.0. The van der Waals surface area contributed by atoms with E-state index in [-0.39, 0.29) is 17.2 Å². The number of hydrogen-bond acceptors (Lipinski definition) is 3. The molecule has 0 bridgehead atoms. The molecule has 0 saturated carbocycles. The second-order valence-electron chi connectivity index (χ2n) is 9.65. The van der Waals surface area contributed by atoms with Crippen molar-refractivity contribution >= 4 is 28.4 Å². The standard InChI is InChI=1S/C28H24ClN3O/c1-28(2,3)32-16-20(15-30)25-24(18-9-11-21(29)12-10-18)26-22(31-27(25)32)13-19(14-23(26)33)17-7-5-4-6-8-17/h4-12,16,19H,13-14H2,1-3H3. The summed E-state index contributed by atoms with van der Waals surface area (Å²) in [6, 6.07) is 20.0. The number of halogens is 1.